The number of rotatable bonds is 24. The summed E-state index contributed by atoms with van der Waals surface area (Å²) in [7, 11) is 0. The summed E-state index contributed by atoms with van der Waals surface area (Å²) < 4.78 is 12.4. The molecular weight excluding hydrogens is 415 g/mol. The first-order valence-electron chi connectivity index (χ1n) is 12.7. The molecule has 0 aromatic rings. The maximum absolute atomic E-state index is 6.19. The Balaban J connectivity index is 4.05. The van der Waals surface area contributed by atoms with Crippen LogP contribution in [-0.4, -0.2) is 19.0 Å². The predicted octanol–water partition coefficient (Wildman–Crippen LogP) is 10.1. The van der Waals surface area contributed by atoms with Crippen molar-refractivity contribution in [2.24, 2.45) is 0 Å². The lowest BCUT2D eigenvalue weighted by atomic mass is 10.1. The Morgan fingerprint density at radius 1 is 0.517 bits per heavy atom. The first-order chi connectivity index (χ1) is 14.2. The maximum atomic E-state index is 6.19. The normalized spacial score (nSPS) is 12.0. The molecule has 176 valence electrons. The van der Waals surface area contributed by atoms with E-state index in [1.165, 1.54) is 103 Å². The Kier molecular flexibility index (Phi) is 24.3. The van der Waals surface area contributed by atoms with Crippen molar-refractivity contribution in [3.63, 3.8) is 0 Å². The Morgan fingerprint density at radius 2 is 0.862 bits per heavy atom. The lowest BCUT2D eigenvalue weighted by Crippen LogP contribution is -1.98. The second-order valence-corrected chi connectivity index (χ2v) is 14.7. The van der Waals surface area contributed by atoms with Crippen LogP contribution in [0.5, 0.6) is 0 Å². The van der Waals surface area contributed by atoms with E-state index < -0.39 is 5.69 Å². The van der Waals surface area contributed by atoms with E-state index in [0.29, 0.717) is 0 Å². The van der Waals surface area contributed by atoms with E-state index in [4.69, 9.17) is 20.9 Å². The lowest BCUT2D eigenvalue weighted by Gasteiger charge is -2.21. The highest BCUT2D eigenvalue weighted by molar-refractivity contribution is 8.67. The van der Waals surface area contributed by atoms with Crippen molar-refractivity contribution in [3.8, 4) is 0 Å². The third-order valence-corrected chi connectivity index (χ3v) is 10.7. The van der Waals surface area contributed by atoms with Gasteiger partial charge >= 0.3 is 0 Å². The molecule has 0 rings (SSSR count). The molecule has 0 N–H and O–H groups in total. The fourth-order valence-corrected chi connectivity index (χ4v) is 7.84. The second-order valence-electron chi connectivity index (χ2n) is 8.25. The molecule has 0 aromatic heterocycles. The van der Waals surface area contributed by atoms with E-state index in [1.807, 2.05) is 11.4 Å². The van der Waals surface area contributed by atoms with Gasteiger partial charge in [-0.3, -0.25) is 0 Å². The van der Waals surface area contributed by atoms with Crippen molar-refractivity contribution in [2.45, 2.75) is 136 Å². The molecule has 0 unspecified atom stereocenters. The predicted molar refractivity (Wildman–Crippen MR) is 139 cm³/mol. The van der Waals surface area contributed by atoms with Crippen molar-refractivity contribution in [1.82, 2.24) is 0 Å². The molecule has 0 aliphatic heterocycles. The first-order valence-corrected chi connectivity index (χ1v) is 16.9. The van der Waals surface area contributed by atoms with Gasteiger partial charge in [-0.25, -0.2) is 0 Å². The summed E-state index contributed by atoms with van der Waals surface area (Å²) in [6.45, 7) is 8.36. The average molecular weight is 467 g/mol. The van der Waals surface area contributed by atoms with Gasteiger partial charge in [0.15, 0.2) is 0 Å². The van der Waals surface area contributed by atoms with Crippen LogP contribution < -0.4 is 0 Å². The van der Waals surface area contributed by atoms with Crippen LogP contribution in [0.25, 0.3) is 0 Å². The van der Waals surface area contributed by atoms with Crippen LogP contribution in [0.3, 0.4) is 0 Å². The van der Waals surface area contributed by atoms with E-state index in [9.17, 15) is 0 Å². The topological polar surface area (TPSA) is 18.5 Å². The van der Waals surface area contributed by atoms with Gasteiger partial charge in [0.25, 0.3) is 0 Å². The molecule has 0 spiro atoms. The molecule has 0 radical (unpaired) electrons. The van der Waals surface area contributed by atoms with Gasteiger partial charge in [-0.2, -0.15) is 0 Å². The van der Waals surface area contributed by atoms with Crippen LogP contribution in [0.4, 0.5) is 0 Å². The largest absolute Gasteiger partial charge is 0.322 e. The molecule has 0 saturated carbocycles. The SMILES string of the molecule is CCCCCCCCOP(=S)(OCCCCCCCC)SCCCCCCCC. The zero-order valence-corrected chi connectivity index (χ0v) is 22.5. The summed E-state index contributed by atoms with van der Waals surface area (Å²) in [6.07, 6.45) is 23.4. The highest BCUT2D eigenvalue weighted by Crippen LogP contribution is 2.61. The third kappa shape index (κ3) is 21.9. The zero-order chi connectivity index (χ0) is 21.5. The molecule has 0 aromatic carbocycles. The van der Waals surface area contributed by atoms with Gasteiger partial charge in [0, 0.05) is 5.75 Å². The summed E-state index contributed by atoms with van der Waals surface area (Å²) in [5, 5.41) is 0. The summed E-state index contributed by atoms with van der Waals surface area (Å²) in [4.78, 5) is 0. The van der Waals surface area contributed by atoms with Gasteiger partial charge < -0.3 is 9.05 Å². The molecule has 2 nitrogen and oxygen atoms in total. The molecule has 29 heavy (non-hydrogen) atoms. The smallest absolute Gasteiger partial charge is 0.247 e. The summed E-state index contributed by atoms with van der Waals surface area (Å²) in [6, 6.07) is 0. The minimum atomic E-state index is -2.15. The first kappa shape index (κ1) is 29.9. The van der Waals surface area contributed by atoms with Crippen LogP contribution in [0, 0.1) is 0 Å². The molecule has 0 amide bonds. The fraction of sp³-hybridized carbons (Fsp3) is 1.00. The highest BCUT2D eigenvalue weighted by atomic mass is 32.9. The van der Waals surface area contributed by atoms with E-state index in [-0.39, 0.29) is 0 Å². The zero-order valence-electron chi connectivity index (χ0n) is 19.9. The quantitative estimate of drug-likeness (QED) is 0.104. The van der Waals surface area contributed by atoms with E-state index >= 15 is 0 Å². The lowest BCUT2D eigenvalue weighted by molar-refractivity contribution is 0.249. The van der Waals surface area contributed by atoms with E-state index in [0.717, 1.165) is 31.8 Å². The Bertz CT molecular complexity index is 314. The molecule has 0 aliphatic carbocycles. The Morgan fingerprint density at radius 3 is 1.28 bits per heavy atom. The van der Waals surface area contributed by atoms with Crippen molar-refractivity contribution < 1.29 is 9.05 Å². The Labute approximate surface area is 193 Å². The minimum Gasteiger partial charge on any atom is -0.322 e. The minimum absolute atomic E-state index is 0.781. The molecule has 0 saturated heterocycles. The van der Waals surface area contributed by atoms with Gasteiger partial charge in [0.05, 0.1) is 13.2 Å². The van der Waals surface area contributed by atoms with E-state index in [2.05, 4.69) is 20.8 Å². The summed E-state index contributed by atoms with van der Waals surface area (Å²) in [5.74, 6) is 1.09. The molecular formula is C24H51O2PS2. The molecule has 0 heterocycles. The standard InChI is InChI=1S/C24H51O2PS2/c1-4-7-10-13-16-19-22-25-27(28,26-23-20-17-14-11-8-5-2)29-24-21-18-15-12-9-6-3/h4-24H2,1-3H3. The summed E-state index contributed by atoms with van der Waals surface area (Å²) >= 11 is 7.70. The second kappa shape index (κ2) is 23.6. The van der Waals surface area contributed by atoms with Crippen molar-refractivity contribution >= 4 is 28.9 Å². The van der Waals surface area contributed by atoms with Gasteiger partial charge in [-0.05, 0) is 31.1 Å². The van der Waals surface area contributed by atoms with Crippen LogP contribution in [-0.2, 0) is 20.9 Å². The van der Waals surface area contributed by atoms with Crippen molar-refractivity contribution in [3.05, 3.63) is 0 Å². The Hall–Kier alpha value is 0.920. The van der Waals surface area contributed by atoms with E-state index in [1.54, 1.807) is 0 Å². The number of unbranched alkanes of at least 4 members (excludes halogenated alkanes) is 15. The van der Waals surface area contributed by atoms with Crippen LogP contribution >= 0.6 is 17.1 Å². The van der Waals surface area contributed by atoms with Crippen LogP contribution in [0.15, 0.2) is 0 Å². The summed E-state index contributed by atoms with van der Waals surface area (Å²) in [5.41, 5.74) is -2.15. The number of hydrogen-bond donors (Lipinski definition) is 0. The van der Waals surface area contributed by atoms with Crippen molar-refractivity contribution in [1.29, 1.82) is 0 Å². The molecule has 0 aliphatic rings. The van der Waals surface area contributed by atoms with Gasteiger partial charge in [-0.1, -0.05) is 128 Å². The van der Waals surface area contributed by atoms with Crippen LogP contribution in [0.2, 0.25) is 0 Å². The monoisotopic (exact) mass is 466 g/mol. The maximum Gasteiger partial charge on any atom is 0.247 e. The third-order valence-electron chi connectivity index (χ3n) is 5.24. The molecule has 0 bridgehead atoms. The fourth-order valence-electron chi connectivity index (χ4n) is 3.29. The van der Waals surface area contributed by atoms with Gasteiger partial charge in [0.2, 0.25) is 5.69 Å². The van der Waals surface area contributed by atoms with Gasteiger partial charge in [0.1, 0.15) is 0 Å². The molecule has 5 heteroatoms. The molecule has 0 atom stereocenters. The van der Waals surface area contributed by atoms with Crippen LogP contribution in [0.1, 0.15) is 136 Å². The number of hydrogen-bond acceptors (Lipinski definition) is 4. The van der Waals surface area contributed by atoms with Gasteiger partial charge in [-0.15, -0.1) is 0 Å². The van der Waals surface area contributed by atoms with Crippen molar-refractivity contribution in [2.75, 3.05) is 19.0 Å². The highest BCUT2D eigenvalue weighted by Gasteiger charge is 2.19. The molecule has 0 fully saturated rings. The average Bonchev–Trinajstić information content (AvgIpc) is 2.72.